The minimum absolute atomic E-state index is 0.0693. The molecular formula is C15H12Br2ClF. The number of alkyl halides is 1. The number of benzene rings is 2. The zero-order valence-electron chi connectivity index (χ0n) is 10.0. The van der Waals surface area contributed by atoms with Crippen LogP contribution in [0.3, 0.4) is 0 Å². The molecule has 0 spiro atoms. The van der Waals surface area contributed by atoms with Crippen LogP contribution in [0.25, 0.3) is 0 Å². The van der Waals surface area contributed by atoms with Gasteiger partial charge in [0.15, 0.2) is 0 Å². The van der Waals surface area contributed by atoms with Crippen LogP contribution >= 0.6 is 43.5 Å². The van der Waals surface area contributed by atoms with E-state index in [2.05, 4.69) is 31.9 Å². The van der Waals surface area contributed by atoms with Crippen LogP contribution in [0.1, 0.15) is 17.0 Å². The first-order chi connectivity index (χ1) is 9.11. The second-order valence-electron chi connectivity index (χ2n) is 4.31. The fourth-order valence-corrected chi connectivity index (χ4v) is 3.33. The summed E-state index contributed by atoms with van der Waals surface area (Å²) in [5.41, 5.74) is 1.75. The van der Waals surface area contributed by atoms with Crippen molar-refractivity contribution in [2.24, 2.45) is 0 Å². The van der Waals surface area contributed by atoms with Gasteiger partial charge in [0.1, 0.15) is 5.82 Å². The van der Waals surface area contributed by atoms with Crippen molar-refractivity contribution in [2.75, 3.05) is 5.33 Å². The Bertz CT molecular complexity index is 572. The lowest BCUT2D eigenvalue weighted by atomic mass is 9.93. The zero-order chi connectivity index (χ0) is 13.8. The van der Waals surface area contributed by atoms with Gasteiger partial charge in [0.25, 0.3) is 0 Å². The molecule has 2 aromatic rings. The minimum Gasteiger partial charge on any atom is -0.207 e. The summed E-state index contributed by atoms with van der Waals surface area (Å²) >= 11 is 13.1. The van der Waals surface area contributed by atoms with E-state index in [1.807, 2.05) is 30.3 Å². The third-order valence-corrected chi connectivity index (χ3v) is 4.64. The standard InChI is InChI=1S/C15H12Br2ClF/c16-9-11(13-3-1-2-4-15(13)19)7-10-5-6-12(17)8-14(10)18/h1-6,8,11H,7,9H2. The van der Waals surface area contributed by atoms with Gasteiger partial charge < -0.3 is 0 Å². The predicted octanol–water partition coefficient (Wildman–Crippen LogP) is 5.96. The molecule has 2 rings (SSSR count). The first-order valence-corrected chi connectivity index (χ1v) is 8.15. The Morgan fingerprint density at radius 3 is 2.53 bits per heavy atom. The number of hydrogen-bond donors (Lipinski definition) is 0. The molecule has 0 nitrogen and oxygen atoms in total. The Labute approximate surface area is 134 Å². The maximum absolute atomic E-state index is 13.8. The van der Waals surface area contributed by atoms with Crippen molar-refractivity contribution < 1.29 is 4.39 Å². The molecule has 19 heavy (non-hydrogen) atoms. The van der Waals surface area contributed by atoms with E-state index in [-0.39, 0.29) is 11.7 Å². The van der Waals surface area contributed by atoms with Crippen molar-refractivity contribution >= 4 is 43.5 Å². The van der Waals surface area contributed by atoms with E-state index < -0.39 is 0 Å². The van der Waals surface area contributed by atoms with Gasteiger partial charge in [0, 0.05) is 20.7 Å². The highest BCUT2D eigenvalue weighted by Gasteiger charge is 2.16. The van der Waals surface area contributed by atoms with Crippen molar-refractivity contribution in [3.63, 3.8) is 0 Å². The Morgan fingerprint density at radius 2 is 1.89 bits per heavy atom. The first-order valence-electron chi connectivity index (χ1n) is 5.86. The van der Waals surface area contributed by atoms with Gasteiger partial charge in [0.05, 0.1) is 0 Å². The quantitative estimate of drug-likeness (QED) is 0.550. The molecular weight excluding hydrogens is 394 g/mol. The molecule has 0 aliphatic heterocycles. The maximum Gasteiger partial charge on any atom is 0.126 e. The predicted molar refractivity (Wildman–Crippen MR) is 85.8 cm³/mol. The van der Waals surface area contributed by atoms with Gasteiger partial charge in [-0.25, -0.2) is 4.39 Å². The molecule has 4 heteroatoms. The van der Waals surface area contributed by atoms with Gasteiger partial charge in [-0.1, -0.05) is 67.7 Å². The van der Waals surface area contributed by atoms with Gasteiger partial charge in [-0.05, 0) is 35.7 Å². The molecule has 0 N–H and O–H groups in total. The Balaban J connectivity index is 2.27. The fraction of sp³-hybridized carbons (Fsp3) is 0.200. The molecule has 0 saturated carbocycles. The second kappa shape index (κ2) is 6.87. The summed E-state index contributed by atoms with van der Waals surface area (Å²) in [5.74, 6) is -0.0972. The third kappa shape index (κ3) is 3.80. The average molecular weight is 407 g/mol. The van der Waals surface area contributed by atoms with Crippen LogP contribution in [0.15, 0.2) is 46.9 Å². The number of hydrogen-bond acceptors (Lipinski definition) is 0. The highest BCUT2D eigenvalue weighted by atomic mass is 79.9. The van der Waals surface area contributed by atoms with E-state index in [4.69, 9.17) is 11.6 Å². The van der Waals surface area contributed by atoms with Crippen LogP contribution in [0, 0.1) is 5.82 Å². The molecule has 0 radical (unpaired) electrons. The normalized spacial score (nSPS) is 12.4. The largest absolute Gasteiger partial charge is 0.207 e. The molecule has 0 aromatic heterocycles. The van der Waals surface area contributed by atoms with Gasteiger partial charge in [-0.15, -0.1) is 0 Å². The number of rotatable bonds is 4. The van der Waals surface area contributed by atoms with Crippen LogP contribution < -0.4 is 0 Å². The summed E-state index contributed by atoms with van der Waals surface area (Å²) < 4.78 is 14.8. The third-order valence-electron chi connectivity index (χ3n) is 3.01. The van der Waals surface area contributed by atoms with Crippen LogP contribution in [-0.4, -0.2) is 5.33 Å². The summed E-state index contributed by atoms with van der Waals surface area (Å²) in [7, 11) is 0. The van der Waals surface area contributed by atoms with E-state index >= 15 is 0 Å². The van der Waals surface area contributed by atoms with Gasteiger partial charge in [-0.2, -0.15) is 0 Å². The highest BCUT2D eigenvalue weighted by molar-refractivity contribution is 9.10. The topological polar surface area (TPSA) is 0 Å². The molecule has 0 saturated heterocycles. The Hall–Kier alpha value is -0.380. The SMILES string of the molecule is Fc1ccccc1C(CBr)Cc1ccc(Br)cc1Cl. The van der Waals surface area contributed by atoms with Gasteiger partial charge in [-0.3, -0.25) is 0 Å². The van der Waals surface area contributed by atoms with Crippen molar-refractivity contribution in [3.8, 4) is 0 Å². The second-order valence-corrected chi connectivity index (χ2v) is 6.28. The van der Waals surface area contributed by atoms with E-state index in [1.165, 1.54) is 6.07 Å². The van der Waals surface area contributed by atoms with Crippen molar-refractivity contribution in [3.05, 3.63) is 68.9 Å². The Morgan fingerprint density at radius 1 is 1.16 bits per heavy atom. The Kier molecular flexibility index (Phi) is 5.43. The average Bonchev–Trinajstić information content (AvgIpc) is 2.39. The van der Waals surface area contributed by atoms with E-state index in [9.17, 15) is 4.39 Å². The number of halogens is 4. The summed E-state index contributed by atoms with van der Waals surface area (Å²) in [5, 5.41) is 1.40. The van der Waals surface area contributed by atoms with Crippen molar-refractivity contribution in [2.45, 2.75) is 12.3 Å². The molecule has 1 unspecified atom stereocenters. The monoisotopic (exact) mass is 404 g/mol. The minimum atomic E-state index is -0.166. The van der Waals surface area contributed by atoms with Crippen LogP contribution in [0.5, 0.6) is 0 Å². The van der Waals surface area contributed by atoms with Gasteiger partial charge in [0.2, 0.25) is 0 Å². The molecule has 1 atom stereocenters. The molecule has 0 aliphatic carbocycles. The lowest BCUT2D eigenvalue weighted by Gasteiger charge is -2.16. The zero-order valence-corrected chi connectivity index (χ0v) is 14.0. The lowest BCUT2D eigenvalue weighted by molar-refractivity contribution is 0.590. The smallest absolute Gasteiger partial charge is 0.126 e. The molecule has 2 aromatic carbocycles. The molecule has 0 fully saturated rings. The molecule has 0 bridgehead atoms. The van der Waals surface area contributed by atoms with Crippen LogP contribution in [0.4, 0.5) is 4.39 Å². The van der Waals surface area contributed by atoms with E-state index in [1.54, 1.807) is 6.07 Å². The van der Waals surface area contributed by atoms with Gasteiger partial charge >= 0.3 is 0 Å². The molecule has 100 valence electrons. The fourth-order valence-electron chi connectivity index (χ4n) is 2.01. The summed E-state index contributed by atoms with van der Waals surface area (Å²) in [6.07, 6.45) is 0.707. The maximum atomic E-state index is 13.8. The lowest BCUT2D eigenvalue weighted by Crippen LogP contribution is -2.07. The summed E-state index contributed by atoms with van der Waals surface area (Å²) in [4.78, 5) is 0. The summed E-state index contributed by atoms with van der Waals surface area (Å²) in [6.45, 7) is 0. The van der Waals surface area contributed by atoms with E-state index in [0.717, 1.165) is 15.6 Å². The van der Waals surface area contributed by atoms with Crippen molar-refractivity contribution in [1.29, 1.82) is 0 Å². The van der Waals surface area contributed by atoms with E-state index in [0.29, 0.717) is 16.8 Å². The highest BCUT2D eigenvalue weighted by Crippen LogP contribution is 2.29. The molecule has 0 amide bonds. The molecule has 0 heterocycles. The molecule has 0 aliphatic rings. The first kappa shape index (κ1) is 15.0. The van der Waals surface area contributed by atoms with Crippen LogP contribution in [0.2, 0.25) is 5.02 Å². The van der Waals surface area contributed by atoms with Crippen molar-refractivity contribution in [1.82, 2.24) is 0 Å². The summed E-state index contributed by atoms with van der Waals surface area (Å²) in [6, 6.07) is 12.7. The van der Waals surface area contributed by atoms with Crippen LogP contribution in [-0.2, 0) is 6.42 Å².